The number of nitrogen functional groups attached to an aromatic ring is 1. The van der Waals surface area contributed by atoms with E-state index in [9.17, 15) is 4.79 Å². The first-order chi connectivity index (χ1) is 6.46. The summed E-state index contributed by atoms with van der Waals surface area (Å²) in [6.45, 7) is 3.38. The average Bonchev–Trinajstić information content (AvgIpc) is 2.51. The van der Waals surface area contributed by atoms with Crippen LogP contribution in [0.5, 0.6) is 0 Å². The Morgan fingerprint density at radius 1 is 1.71 bits per heavy atom. The molecule has 0 saturated heterocycles. The third kappa shape index (κ3) is 2.46. The Morgan fingerprint density at radius 3 is 2.79 bits per heavy atom. The first kappa shape index (κ1) is 11.0. The van der Waals surface area contributed by atoms with Gasteiger partial charge in [0.1, 0.15) is 4.88 Å². The van der Waals surface area contributed by atoms with Crippen molar-refractivity contribution in [3.8, 4) is 0 Å². The first-order valence-electron chi connectivity index (χ1n) is 4.22. The van der Waals surface area contributed by atoms with Gasteiger partial charge >= 0.3 is 0 Å². The zero-order chi connectivity index (χ0) is 10.8. The van der Waals surface area contributed by atoms with Crippen molar-refractivity contribution in [3.63, 3.8) is 0 Å². The van der Waals surface area contributed by atoms with Gasteiger partial charge in [-0.1, -0.05) is 0 Å². The zero-order valence-corrected chi connectivity index (χ0v) is 9.02. The molecule has 0 fully saturated rings. The molecule has 1 heterocycles. The highest BCUT2D eigenvalue weighted by Gasteiger charge is 2.21. The lowest BCUT2D eigenvalue weighted by Crippen LogP contribution is -2.46. The van der Waals surface area contributed by atoms with Crippen LogP contribution in [0, 0.1) is 0 Å². The van der Waals surface area contributed by atoms with E-state index in [-0.39, 0.29) is 12.5 Å². The molecule has 0 aliphatic rings. The zero-order valence-electron chi connectivity index (χ0n) is 8.20. The molecule has 78 valence electrons. The molecule has 0 radical (unpaired) electrons. The van der Waals surface area contributed by atoms with E-state index in [1.54, 1.807) is 25.3 Å². The molecule has 4 N–H and O–H groups in total. The van der Waals surface area contributed by atoms with Crippen LogP contribution in [-0.2, 0) is 0 Å². The molecule has 4 nitrogen and oxygen atoms in total. The molecule has 1 amide bonds. The Hall–Kier alpha value is -1.07. The Kier molecular flexibility index (Phi) is 3.13. The van der Waals surface area contributed by atoms with Crippen molar-refractivity contribution in [2.75, 3.05) is 12.3 Å². The van der Waals surface area contributed by atoms with E-state index < -0.39 is 5.54 Å². The van der Waals surface area contributed by atoms with E-state index in [0.717, 1.165) is 0 Å². The average molecular weight is 214 g/mol. The molecule has 0 aliphatic carbocycles. The quantitative estimate of drug-likeness (QED) is 0.697. The molecule has 1 rings (SSSR count). The lowest BCUT2D eigenvalue weighted by atomic mass is 10.1. The fourth-order valence-corrected chi connectivity index (χ4v) is 1.62. The summed E-state index contributed by atoms with van der Waals surface area (Å²) in [6, 6.07) is 1.69. The molecular weight excluding hydrogens is 200 g/mol. The second-order valence-corrected chi connectivity index (χ2v) is 4.62. The van der Waals surface area contributed by atoms with Gasteiger partial charge in [-0.3, -0.25) is 4.79 Å². The minimum atomic E-state index is -0.618. The van der Waals surface area contributed by atoms with E-state index in [1.165, 1.54) is 11.3 Å². The number of rotatable bonds is 3. The number of amides is 1. The topological polar surface area (TPSA) is 75.3 Å². The number of anilines is 1. The molecule has 0 saturated carbocycles. The molecule has 5 heteroatoms. The maximum absolute atomic E-state index is 11.6. The Labute approximate surface area is 86.7 Å². The second-order valence-electron chi connectivity index (χ2n) is 3.70. The molecule has 0 unspecified atom stereocenters. The van der Waals surface area contributed by atoms with E-state index >= 15 is 0 Å². The second kappa shape index (κ2) is 3.98. The summed E-state index contributed by atoms with van der Waals surface area (Å²) < 4.78 is 0. The molecule has 0 spiro atoms. The standard InChI is InChI=1S/C9H14N2O2S/c1-9(2,5-12)11-8(13)7-6(10)3-4-14-7/h3-4,12H,5,10H2,1-2H3,(H,11,13). The third-order valence-electron chi connectivity index (χ3n) is 1.75. The van der Waals surface area contributed by atoms with Gasteiger partial charge in [0.2, 0.25) is 0 Å². The predicted octanol–water partition coefficient (Wildman–Crippen LogP) is 0.831. The molecular formula is C9H14N2O2S. The van der Waals surface area contributed by atoms with E-state index in [1.807, 2.05) is 0 Å². The van der Waals surface area contributed by atoms with Crippen LogP contribution in [0.15, 0.2) is 11.4 Å². The van der Waals surface area contributed by atoms with Gasteiger partial charge in [0.15, 0.2) is 0 Å². The van der Waals surface area contributed by atoms with Crippen LogP contribution in [0.2, 0.25) is 0 Å². The minimum absolute atomic E-state index is 0.107. The lowest BCUT2D eigenvalue weighted by Gasteiger charge is -2.23. The lowest BCUT2D eigenvalue weighted by molar-refractivity contribution is 0.0874. The van der Waals surface area contributed by atoms with Gasteiger partial charge in [-0.15, -0.1) is 11.3 Å². The highest BCUT2D eigenvalue weighted by molar-refractivity contribution is 7.12. The number of nitrogens with two attached hydrogens (primary N) is 1. The van der Waals surface area contributed by atoms with Crippen molar-refractivity contribution in [3.05, 3.63) is 16.3 Å². The summed E-state index contributed by atoms with van der Waals surface area (Å²) in [5.74, 6) is -0.239. The van der Waals surface area contributed by atoms with Crippen molar-refractivity contribution in [2.24, 2.45) is 0 Å². The van der Waals surface area contributed by atoms with Crippen LogP contribution in [0.3, 0.4) is 0 Å². The molecule has 0 bridgehead atoms. The maximum atomic E-state index is 11.6. The summed E-state index contributed by atoms with van der Waals surface area (Å²) in [5.41, 5.74) is 5.44. The van der Waals surface area contributed by atoms with E-state index in [0.29, 0.717) is 10.6 Å². The fraction of sp³-hybridized carbons (Fsp3) is 0.444. The summed E-state index contributed by atoms with van der Waals surface area (Å²) in [5, 5.41) is 13.4. The van der Waals surface area contributed by atoms with Gasteiger partial charge in [-0.05, 0) is 25.3 Å². The maximum Gasteiger partial charge on any atom is 0.263 e. The smallest absolute Gasteiger partial charge is 0.263 e. The summed E-state index contributed by atoms with van der Waals surface area (Å²) in [7, 11) is 0. The Morgan fingerprint density at radius 2 is 2.36 bits per heavy atom. The first-order valence-corrected chi connectivity index (χ1v) is 5.10. The highest BCUT2D eigenvalue weighted by atomic mass is 32.1. The van der Waals surface area contributed by atoms with Gasteiger partial charge < -0.3 is 16.2 Å². The van der Waals surface area contributed by atoms with Gasteiger partial charge in [0.05, 0.1) is 17.8 Å². The molecule has 0 aliphatic heterocycles. The van der Waals surface area contributed by atoms with Gasteiger partial charge in [-0.2, -0.15) is 0 Å². The van der Waals surface area contributed by atoms with Crippen LogP contribution >= 0.6 is 11.3 Å². The molecule has 1 aromatic rings. The minimum Gasteiger partial charge on any atom is -0.397 e. The van der Waals surface area contributed by atoms with Crippen LogP contribution in [-0.4, -0.2) is 23.2 Å². The number of hydrogen-bond donors (Lipinski definition) is 3. The van der Waals surface area contributed by atoms with Gasteiger partial charge in [-0.25, -0.2) is 0 Å². The molecule has 0 atom stereocenters. The Bertz CT molecular complexity index is 333. The fourth-order valence-electron chi connectivity index (χ4n) is 0.907. The Balaban J connectivity index is 2.73. The molecule has 14 heavy (non-hydrogen) atoms. The molecule has 1 aromatic heterocycles. The largest absolute Gasteiger partial charge is 0.397 e. The monoisotopic (exact) mass is 214 g/mol. The summed E-state index contributed by atoms with van der Waals surface area (Å²) >= 11 is 1.29. The highest BCUT2D eigenvalue weighted by Crippen LogP contribution is 2.19. The van der Waals surface area contributed by atoms with Crippen molar-refractivity contribution in [1.29, 1.82) is 0 Å². The van der Waals surface area contributed by atoms with Crippen LogP contribution < -0.4 is 11.1 Å². The van der Waals surface area contributed by atoms with E-state index in [4.69, 9.17) is 10.8 Å². The van der Waals surface area contributed by atoms with Crippen molar-refractivity contribution < 1.29 is 9.90 Å². The van der Waals surface area contributed by atoms with Crippen LogP contribution in [0.1, 0.15) is 23.5 Å². The number of carbonyl (C=O) groups is 1. The van der Waals surface area contributed by atoms with Gasteiger partial charge in [0.25, 0.3) is 5.91 Å². The SMILES string of the molecule is CC(C)(CO)NC(=O)c1sccc1N. The normalized spacial score (nSPS) is 11.4. The van der Waals surface area contributed by atoms with Crippen molar-refractivity contribution in [2.45, 2.75) is 19.4 Å². The number of thiophene rings is 1. The van der Waals surface area contributed by atoms with Crippen molar-refractivity contribution >= 4 is 22.9 Å². The molecule has 0 aromatic carbocycles. The van der Waals surface area contributed by atoms with Crippen LogP contribution in [0.4, 0.5) is 5.69 Å². The summed E-state index contributed by atoms with van der Waals surface area (Å²) in [6.07, 6.45) is 0. The van der Waals surface area contributed by atoms with Gasteiger partial charge in [0, 0.05) is 0 Å². The number of carbonyl (C=O) groups excluding carboxylic acids is 1. The number of aliphatic hydroxyl groups excluding tert-OH is 1. The number of hydrogen-bond acceptors (Lipinski definition) is 4. The van der Waals surface area contributed by atoms with E-state index in [2.05, 4.69) is 5.32 Å². The third-order valence-corrected chi connectivity index (χ3v) is 2.68. The van der Waals surface area contributed by atoms with Crippen LogP contribution in [0.25, 0.3) is 0 Å². The predicted molar refractivity (Wildman–Crippen MR) is 57.4 cm³/mol. The number of nitrogens with one attached hydrogen (secondary N) is 1. The van der Waals surface area contributed by atoms with Crippen molar-refractivity contribution in [1.82, 2.24) is 5.32 Å². The number of aliphatic hydroxyl groups is 1. The summed E-state index contributed by atoms with van der Waals surface area (Å²) in [4.78, 5) is 12.1.